The Balaban J connectivity index is 2.49. The van der Waals surface area contributed by atoms with Crippen molar-refractivity contribution in [3.05, 3.63) is 22.4 Å². The maximum Gasteiger partial charge on any atom is 0.326 e. The van der Waals surface area contributed by atoms with Crippen molar-refractivity contribution < 1.29 is 19.5 Å². The third-order valence-electron chi connectivity index (χ3n) is 2.67. The lowest BCUT2D eigenvalue weighted by molar-refractivity contribution is -0.139. The van der Waals surface area contributed by atoms with E-state index in [-0.39, 0.29) is 18.9 Å². The zero-order valence-corrected chi connectivity index (χ0v) is 11.8. The number of amides is 3. The van der Waals surface area contributed by atoms with Crippen molar-refractivity contribution in [1.29, 1.82) is 0 Å². The van der Waals surface area contributed by atoms with Crippen LogP contribution in [0.5, 0.6) is 0 Å². The highest BCUT2D eigenvalue weighted by atomic mass is 32.1. The first-order valence-corrected chi connectivity index (χ1v) is 6.94. The largest absolute Gasteiger partial charge is 0.480 e. The van der Waals surface area contributed by atoms with Gasteiger partial charge in [-0.2, -0.15) is 11.3 Å². The summed E-state index contributed by atoms with van der Waals surface area (Å²) in [6.07, 6.45) is -0.137. The van der Waals surface area contributed by atoms with Crippen LogP contribution < -0.4 is 16.4 Å². The van der Waals surface area contributed by atoms with Gasteiger partial charge in [0.25, 0.3) is 0 Å². The molecule has 8 heteroatoms. The predicted molar refractivity (Wildman–Crippen MR) is 74.3 cm³/mol. The lowest BCUT2D eigenvalue weighted by atomic mass is 10.1. The summed E-state index contributed by atoms with van der Waals surface area (Å²) in [6, 6.07) is -0.0956. The Hall–Kier alpha value is -2.09. The Labute approximate surface area is 120 Å². The summed E-state index contributed by atoms with van der Waals surface area (Å²) in [6.45, 7) is 1.79. The van der Waals surface area contributed by atoms with Gasteiger partial charge < -0.3 is 21.5 Å². The van der Waals surface area contributed by atoms with Crippen molar-refractivity contribution in [1.82, 2.24) is 10.6 Å². The number of carbonyl (C=O) groups excluding carboxylic acids is 2. The number of urea groups is 1. The van der Waals surface area contributed by atoms with Gasteiger partial charge in [0, 0.05) is 6.42 Å². The normalized spacial score (nSPS) is 13.2. The van der Waals surface area contributed by atoms with Crippen molar-refractivity contribution in [2.45, 2.75) is 31.8 Å². The average molecular weight is 299 g/mol. The zero-order chi connectivity index (χ0) is 15.1. The zero-order valence-electron chi connectivity index (χ0n) is 11.0. The number of rotatable bonds is 7. The van der Waals surface area contributed by atoms with Gasteiger partial charge in [-0.05, 0) is 35.7 Å². The maximum absolute atomic E-state index is 11.7. The molecule has 1 unspecified atom stereocenters. The van der Waals surface area contributed by atoms with E-state index in [1.54, 1.807) is 6.92 Å². The number of nitrogens with one attached hydrogen (secondary N) is 2. The van der Waals surface area contributed by atoms with E-state index in [1.165, 1.54) is 11.3 Å². The fraction of sp³-hybridized carbons (Fsp3) is 0.417. The van der Waals surface area contributed by atoms with E-state index < -0.39 is 23.9 Å². The lowest BCUT2D eigenvalue weighted by Crippen LogP contribution is -2.46. The fourth-order valence-electron chi connectivity index (χ4n) is 1.55. The number of primary amides is 1. The van der Waals surface area contributed by atoms with Crippen LogP contribution in [-0.2, 0) is 9.59 Å². The highest BCUT2D eigenvalue weighted by Gasteiger charge is 2.21. The molecule has 7 nitrogen and oxygen atoms in total. The van der Waals surface area contributed by atoms with E-state index in [0.717, 1.165) is 5.56 Å². The number of aliphatic carboxylic acids is 1. The molecule has 0 bridgehead atoms. The van der Waals surface area contributed by atoms with E-state index in [1.807, 2.05) is 16.8 Å². The average Bonchev–Trinajstić information content (AvgIpc) is 2.87. The van der Waals surface area contributed by atoms with Crippen molar-refractivity contribution in [2.24, 2.45) is 5.73 Å². The molecule has 2 atom stereocenters. The second-order valence-corrected chi connectivity index (χ2v) is 5.07. The second-order valence-electron chi connectivity index (χ2n) is 4.29. The molecule has 0 aliphatic carbocycles. The van der Waals surface area contributed by atoms with Crippen LogP contribution in [0.1, 0.15) is 31.4 Å². The minimum absolute atomic E-state index is 0.0368. The smallest absolute Gasteiger partial charge is 0.326 e. The van der Waals surface area contributed by atoms with E-state index >= 15 is 0 Å². The van der Waals surface area contributed by atoms with Crippen LogP contribution in [-0.4, -0.2) is 29.1 Å². The third kappa shape index (κ3) is 5.27. The Morgan fingerprint density at radius 2 is 2.10 bits per heavy atom. The quantitative estimate of drug-likeness (QED) is 0.595. The molecule has 0 saturated carbocycles. The molecule has 0 aromatic carbocycles. The number of nitrogens with two attached hydrogens (primary N) is 1. The molecule has 1 aromatic rings. The maximum atomic E-state index is 11.7. The summed E-state index contributed by atoms with van der Waals surface area (Å²) in [7, 11) is 0. The number of carboxylic acids is 1. The molecule has 0 spiro atoms. The highest BCUT2D eigenvalue weighted by Crippen LogP contribution is 2.15. The standard InChI is InChI=1S/C12H17N3O4S/c1-7(8-4-5-20-6-8)14-12(19)15-9(11(17)18)2-3-10(13)16/h4-7,9H,2-3H2,1H3,(H2,13,16)(H,17,18)(H2,14,15,19)/t7?,9-/m0/s1. The number of hydrogen-bond acceptors (Lipinski definition) is 4. The third-order valence-corrected chi connectivity index (χ3v) is 3.38. The summed E-state index contributed by atoms with van der Waals surface area (Å²) >= 11 is 1.51. The van der Waals surface area contributed by atoms with E-state index in [4.69, 9.17) is 10.8 Å². The van der Waals surface area contributed by atoms with E-state index in [0.29, 0.717) is 0 Å². The summed E-state index contributed by atoms with van der Waals surface area (Å²) in [5.74, 6) is -1.81. The van der Waals surface area contributed by atoms with Gasteiger partial charge in [0.15, 0.2) is 0 Å². The number of carbonyl (C=O) groups is 3. The highest BCUT2D eigenvalue weighted by molar-refractivity contribution is 7.07. The molecule has 110 valence electrons. The van der Waals surface area contributed by atoms with Gasteiger partial charge in [-0.25, -0.2) is 9.59 Å². The summed E-state index contributed by atoms with van der Waals surface area (Å²) in [5, 5.41) is 17.7. The van der Waals surface area contributed by atoms with Crippen LogP contribution in [0.25, 0.3) is 0 Å². The molecule has 0 saturated heterocycles. The molecule has 1 rings (SSSR count). The van der Waals surface area contributed by atoms with Gasteiger partial charge in [0.2, 0.25) is 5.91 Å². The van der Waals surface area contributed by atoms with Crippen LogP contribution in [0.15, 0.2) is 16.8 Å². The van der Waals surface area contributed by atoms with Gasteiger partial charge in [0.1, 0.15) is 6.04 Å². The molecule has 0 fully saturated rings. The Morgan fingerprint density at radius 1 is 1.40 bits per heavy atom. The number of hydrogen-bond donors (Lipinski definition) is 4. The van der Waals surface area contributed by atoms with Crippen molar-refractivity contribution in [2.75, 3.05) is 0 Å². The van der Waals surface area contributed by atoms with Gasteiger partial charge in [0.05, 0.1) is 6.04 Å². The summed E-state index contributed by atoms with van der Waals surface area (Å²) in [5.41, 5.74) is 5.90. The number of thiophene rings is 1. The summed E-state index contributed by atoms with van der Waals surface area (Å²) in [4.78, 5) is 33.3. The topological polar surface area (TPSA) is 122 Å². The fourth-order valence-corrected chi connectivity index (χ4v) is 2.30. The van der Waals surface area contributed by atoms with Crippen molar-refractivity contribution >= 4 is 29.2 Å². The van der Waals surface area contributed by atoms with Crippen LogP contribution >= 0.6 is 11.3 Å². The SMILES string of the molecule is CC(NC(=O)N[C@@H](CCC(N)=O)C(=O)O)c1ccsc1. The van der Waals surface area contributed by atoms with Crippen LogP contribution in [0.2, 0.25) is 0 Å². The molecule has 5 N–H and O–H groups in total. The van der Waals surface area contributed by atoms with Gasteiger partial charge in [-0.3, -0.25) is 4.79 Å². The predicted octanol–water partition coefficient (Wildman–Crippen LogP) is 0.827. The minimum Gasteiger partial charge on any atom is -0.480 e. The van der Waals surface area contributed by atoms with E-state index in [2.05, 4.69) is 10.6 Å². The molecule has 1 heterocycles. The molecule has 20 heavy (non-hydrogen) atoms. The molecule has 0 aliphatic rings. The van der Waals surface area contributed by atoms with Crippen molar-refractivity contribution in [3.8, 4) is 0 Å². The molecular weight excluding hydrogens is 282 g/mol. The Morgan fingerprint density at radius 3 is 2.60 bits per heavy atom. The second kappa shape index (κ2) is 7.49. The molecule has 1 aromatic heterocycles. The van der Waals surface area contributed by atoms with Crippen LogP contribution in [0.4, 0.5) is 4.79 Å². The molecular formula is C12H17N3O4S. The first-order chi connectivity index (χ1) is 9.40. The van der Waals surface area contributed by atoms with Crippen LogP contribution in [0, 0.1) is 0 Å². The summed E-state index contributed by atoms with van der Waals surface area (Å²) < 4.78 is 0. The van der Waals surface area contributed by atoms with Gasteiger partial charge >= 0.3 is 12.0 Å². The molecule has 0 aliphatic heterocycles. The van der Waals surface area contributed by atoms with Crippen molar-refractivity contribution in [3.63, 3.8) is 0 Å². The van der Waals surface area contributed by atoms with E-state index in [9.17, 15) is 14.4 Å². The first-order valence-electron chi connectivity index (χ1n) is 6.00. The lowest BCUT2D eigenvalue weighted by Gasteiger charge is -2.17. The molecule has 0 radical (unpaired) electrons. The molecule has 3 amide bonds. The first kappa shape index (κ1) is 16.0. The van der Waals surface area contributed by atoms with Crippen LogP contribution in [0.3, 0.4) is 0 Å². The van der Waals surface area contributed by atoms with Gasteiger partial charge in [-0.1, -0.05) is 0 Å². The number of carboxylic acid groups (broad SMARTS) is 1. The monoisotopic (exact) mass is 299 g/mol. The Kier molecular flexibility index (Phi) is 5.98. The minimum atomic E-state index is -1.20. The Bertz CT molecular complexity index is 475. The van der Waals surface area contributed by atoms with Gasteiger partial charge in [-0.15, -0.1) is 0 Å².